The van der Waals surface area contributed by atoms with Gasteiger partial charge >= 0.3 is 11.8 Å². The van der Waals surface area contributed by atoms with Crippen LogP contribution in [0.5, 0.6) is 5.88 Å². The summed E-state index contributed by atoms with van der Waals surface area (Å²) in [6, 6.07) is 2.47. The average molecular weight is 267 g/mol. The van der Waals surface area contributed by atoms with Crippen LogP contribution in [0.1, 0.15) is 12.8 Å². The largest absolute Gasteiger partial charge is 0.471 e. The summed E-state index contributed by atoms with van der Waals surface area (Å²) in [4.78, 5) is 26.2. The minimum Gasteiger partial charge on any atom is -0.471 e. The number of carbonyl (C=O) groups is 1. The summed E-state index contributed by atoms with van der Waals surface area (Å²) in [5.41, 5.74) is -0.220. The molecule has 1 saturated heterocycles. The second-order valence-corrected chi connectivity index (χ2v) is 4.17. The Morgan fingerprint density at radius 3 is 3.16 bits per heavy atom. The third kappa shape index (κ3) is 2.90. The van der Waals surface area contributed by atoms with Crippen LogP contribution < -0.4 is 4.74 Å². The van der Waals surface area contributed by atoms with Gasteiger partial charge in [-0.05, 0) is 18.9 Å². The number of hydrogen-bond acceptors (Lipinski definition) is 5. The number of carboxylic acid groups (broad SMARTS) is 1. The van der Waals surface area contributed by atoms with E-state index in [4.69, 9.17) is 9.84 Å². The highest BCUT2D eigenvalue weighted by atomic mass is 16.6. The Labute approximate surface area is 108 Å². The van der Waals surface area contributed by atoms with E-state index in [1.165, 1.54) is 23.2 Å². The second-order valence-electron chi connectivity index (χ2n) is 4.17. The zero-order valence-electron chi connectivity index (χ0n) is 10.1. The van der Waals surface area contributed by atoms with Crippen LogP contribution in [0.4, 0.5) is 10.5 Å². The topological polar surface area (TPSA) is 106 Å². The van der Waals surface area contributed by atoms with Gasteiger partial charge in [-0.2, -0.15) is 0 Å². The van der Waals surface area contributed by atoms with Crippen molar-refractivity contribution >= 4 is 11.8 Å². The first kappa shape index (κ1) is 13.1. The van der Waals surface area contributed by atoms with Crippen molar-refractivity contribution in [2.75, 3.05) is 13.2 Å². The molecule has 0 aromatic carbocycles. The summed E-state index contributed by atoms with van der Waals surface area (Å²) < 4.78 is 5.30. The monoisotopic (exact) mass is 267 g/mol. The first-order valence-corrected chi connectivity index (χ1v) is 5.81. The Bertz CT molecular complexity index is 493. The molecule has 1 unspecified atom stereocenters. The summed E-state index contributed by atoms with van der Waals surface area (Å²) in [5.74, 6) is -0.0789. The summed E-state index contributed by atoms with van der Waals surface area (Å²) >= 11 is 0. The van der Waals surface area contributed by atoms with Crippen LogP contribution in [0.3, 0.4) is 0 Å². The fourth-order valence-electron chi connectivity index (χ4n) is 2.07. The minimum absolute atomic E-state index is 0.0736. The highest BCUT2D eigenvalue weighted by Gasteiger charge is 2.29. The summed E-state index contributed by atoms with van der Waals surface area (Å²) in [6.07, 6.45) is 1.85. The maximum absolute atomic E-state index is 10.9. The van der Waals surface area contributed by atoms with Gasteiger partial charge in [0.05, 0.1) is 11.0 Å². The van der Waals surface area contributed by atoms with Crippen LogP contribution in [0.25, 0.3) is 0 Å². The number of hydrogen-bond donors (Lipinski definition) is 1. The number of nitrogens with zero attached hydrogens (tertiary/aromatic N) is 3. The van der Waals surface area contributed by atoms with Crippen LogP contribution in [-0.4, -0.2) is 45.2 Å². The summed E-state index contributed by atoms with van der Waals surface area (Å²) in [6.45, 7) is 0.540. The van der Waals surface area contributed by atoms with E-state index in [0.29, 0.717) is 13.0 Å². The maximum Gasteiger partial charge on any atom is 0.407 e. The van der Waals surface area contributed by atoms with Gasteiger partial charge in [0.15, 0.2) is 0 Å². The standard InChI is InChI=1S/C11H13N3O5/c15-11(16)13-6-2-3-8(13)7-19-10-9(14(17)18)4-1-5-12-10/h1,4-5,8H,2-3,6-7H2,(H,15,16). The molecule has 0 bridgehead atoms. The van der Waals surface area contributed by atoms with Crippen LogP contribution >= 0.6 is 0 Å². The molecule has 1 fully saturated rings. The highest BCUT2D eigenvalue weighted by Crippen LogP contribution is 2.24. The molecule has 0 saturated carbocycles. The number of nitro groups is 1. The normalized spacial score (nSPS) is 18.3. The molecule has 1 aliphatic heterocycles. The lowest BCUT2D eigenvalue weighted by atomic mass is 10.2. The molecule has 1 aromatic heterocycles. The van der Waals surface area contributed by atoms with Crippen LogP contribution in [-0.2, 0) is 0 Å². The van der Waals surface area contributed by atoms with Gasteiger partial charge in [0.25, 0.3) is 5.88 Å². The van der Waals surface area contributed by atoms with E-state index in [2.05, 4.69) is 4.98 Å². The molecule has 102 valence electrons. The van der Waals surface area contributed by atoms with Crippen molar-refractivity contribution in [3.05, 3.63) is 28.4 Å². The van der Waals surface area contributed by atoms with E-state index >= 15 is 0 Å². The number of ether oxygens (including phenoxy) is 1. The van der Waals surface area contributed by atoms with E-state index in [1.54, 1.807) is 0 Å². The van der Waals surface area contributed by atoms with Gasteiger partial charge in [-0.1, -0.05) is 0 Å². The fraction of sp³-hybridized carbons (Fsp3) is 0.455. The van der Waals surface area contributed by atoms with Gasteiger partial charge in [0, 0.05) is 18.8 Å². The first-order valence-electron chi connectivity index (χ1n) is 5.81. The van der Waals surface area contributed by atoms with Crippen molar-refractivity contribution in [1.82, 2.24) is 9.88 Å². The Balaban J connectivity index is 2.03. The van der Waals surface area contributed by atoms with Gasteiger partial charge in [0.1, 0.15) is 6.61 Å². The molecular formula is C11H13N3O5. The third-order valence-corrected chi connectivity index (χ3v) is 2.98. The maximum atomic E-state index is 10.9. The van der Waals surface area contributed by atoms with Crippen LogP contribution in [0.2, 0.25) is 0 Å². The van der Waals surface area contributed by atoms with Gasteiger partial charge in [0.2, 0.25) is 0 Å². The average Bonchev–Trinajstić information content (AvgIpc) is 2.85. The molecule has 1 atom stereocenters. The molecular weight excluding hydrogens is 254 g/mol. The molecule has 0 radical (unpaired) electrons. The van der Waals surface area contributed by atoms with Gasteiger partial charge in [-0.3, -0.25) is 10.1 Å². The fourth-order valence-corrected chi connectivity index (χ4v) is 2.07. The SMILES string of the molecule is O=C(O)N1CCCC1COc1ncccc1[N+](=O)[O-]. The van der Waals surface area contributed by atoms with Gasteiger partial charge in [-0.15, -0.1) is 0 Å². The number of rotatable bonds is 4. The third-order valence-electron chi connectivity index (χ3n) is 2.98. The Kier molecular flexibility index (Phi) is 3.79. The lowest BCUT2D eigenvalue weighted by molar-refractivity contribution is -0.386. The second kappa shape index (κ2) is 5.51. The van der Waals surface area contributed by atoms with Crippen molar-refractivity contribution in [3.8, 4) is 5.88 Å². The Morgan fingerprint density at radius 1 is 1.68 bits per heavy atom. The molecule has 8 heteroatoms. The molecule has 1 aliphatic rings. The van der Waals surface area contributed by atoms with Gasteiger partial charge in [-0.25, -0.2) is 9.78 Å². The molecule has 2 heterocycles. The summed E-state index contributed by atoms with van der Waals surface area (Å²) in [7, 11) is 0. The molecule has 1 N–H and O–H groups in total. The first-order chi connectivity index (χ1) is 9.09. The lowest BCUT2D eigenvalue weighted by Gasteiger charge is -2.21. The van der Waals surface area contributed by atoms with Crippen molar-refractivity contribution in [1.29, 1.82) is 0 Å². The molecule has 0 aliphatic carbocycles. The van der Waals surface area contributed by atoms with Crippen molar-refractivity contribution < 1.29 is 19.6 Å². The van der Waals surface area contributed by atoms with Crippen LogP contribution in [0.15, 0.2) is 18.3 Å². The number of amides is 1. The smallest absolute Gasteiger partial charge is 0.407 e. The number of likely N-dealkylation sites (tertiary alicyclic amines) is 1. The van der Waals surface area contributed by atoms with Crippen LogP contribution in [0, 0.1) is 10.1 Å². The van der Waals surface area contributed by atoms with E-state index < -0.39 is 11.0 Å². The predicted molar refractivity (Wildman–Crippen MR) is 64.1 cm³/mol. The number of pyridine rings is 1. The molecule has 8 nitrogen and oxygen atoms in total. The number of aromatic nitrogens is 1. The minimum atomic E-state index is -0.998. The van der Waals surface area contributed by atoms with Crippen molar-refractivity contribution in [2.24, 2.45) is 0 Å². The zero-order valence-corrected chi connectivity index (χ0v) is 10.1. The molecule has 1 amide bonds. The highest BCUT2D eigenvalue weighted by molar-refractivity contribution is 5.65. The van der Waals surface area contributed by atoms with Crippen molar-refractivity contribution in [3.63, 3.8) is 0 Å². The molecule has 2 rings (SSSR count). The van der Waals surface area contributed by atoms with E-state index in [1.807, 2.05) is 0 Å². The quantitative estimate of drug-likeness (QED) is 0.654. The summed E-state index contributed by atoms with van der Waals surface area (Å²) in [5, 5.41) is 19.7. The predicted octanol–water partition coefficient (Wildman–Crippen LogP) is 1.51. The van der Waals surface area contributed by atoms with Gasteiger partial charge < -0.3 is 14.7 Å². The van der Waals surface area contributed by atoms with E-state index in [-0.39, 0.29) is 24.2 Å². The van der Waals surface area contributed by atoms with Crippen molar-refractivity contribution in [2.45, 2.75) is 18.9 Å². The van der Waals surface area contributed by atoms with E-state index in [0.717, 1.165) is 6.42 Å². The Hall–Kier alpha value is -2.38. The molecule has 19 heavy (non-hydrogen) atoms. The zero-order chi connectivity index (χ0) is 13.8. The van der Waals surface area contributed by atoms with E-state index in [9.17, 15) is 14.9 Å². The lowest BCUT2D eigenvalue weighted by Crippen LogP contribution is -2.38. The molecule has 0 spiro atoms. The molecule has 1 aromatic rings. The Morgan fingerprint density at radius 2 is 2.47 bits per heavy atom.